The molecule has 0 aliphatic rings. The number of nitrogens with two attached hydrogens (primary N) is 1. The van der Waals surface area contributed by atoms with Crippen LogP contribution in [-0.2, 0) is 4.79 Å². The number of amidine groups is 1. The molecule has 0 bridgehead atoms. The second-order valence-electron chi connectivity index (χ2n) is 4.49. The highest BCUT2D eigenvalue weighted by Gasteiger charge is 2.40. The lowest BCUT2D eigenvalue weighted by atomic mass is 9.80. The molecular formula is C13H21N3O3. The fourth-order valence-corrected chi connectivity index (χ4v) is 2.09. The number of carbonyl (C=O) groups excluding carboxylic acids is 1. The first-order chi connectivity index (χ1) is 9.01. The lowest BCUT2D eigenvalue weighted by Gasteiger charge is -2.29. The standard InChI is InChI=1S/C13H21N3O3/c1-4-13(5-2,11(14)16-18)12(17)15-9(3)10-7-6-8-19-10/h6-9,18H,4-5H2,1-3H3,(H2,14,16)(H,15,17). The monoisotopic (exact) mass is 267 g/mol. The number of nitrogens with zero attached hydrogens (tertiary/aromatic N) is 1. The van der Waals surface area contributed by atoms with E-state index in [1.807, 2.05) is 20.8 Å². The lowest BCUT2D eigenvalue weighted by molar-refractivity contribution is -0.128. The van der Waals surface area contributed by atoms with Crippen LogP contribution in [0.1, 0.15) is 45.4 Å². The van der Waals surface area contributed by atoms with Crippen LogP contribution in [0.5, 0.6) is 0 Å². The number of furan rings is 1. The molecule has 19 heavy (non-hydrogen) atoms. The molecule has 1 amide bonds. The second-order valence-corrected chi connectivity index (χ2v) is 4.49. The Balaban J connectivity index is 2.90. The van der Waals surface area contributed by atoms with Crippen LogP contribution in [-0.4, -0.2) is 17.0 Å². The quantitative estimate of drug-likeness (QED) is 0.317. The maximum atomic E-state index is 12.4. The highest BCUT2D eigenvalue weighted by atomic mass is 16.4. The van der Waals surface area contributed by atoms with E-state index in [0.29, 0.717) is 18.6 Å². The molecule has 6 heteroatoms. The molecule has 1 aromatic heterocycles. The second kappa shape index (κ2) is 6.26. The molecule has 1 atom stereocenters. The summed E-state index contributed by atoms with van der Waals surface area (Å²) < 4.78 is 5.24. The van der Waals surface area contributed by atoms with Crippen LogP contribution >= 0.6 is 0 Å². The Morgan fingerprint density at radius 2 is 2.21 bits per heavy atom. The van der Waals surface area contributed by atoms with E-state index in [4.69, 9.17) is 15.4 Å². The van der Waals surface area contributed by atoms with Crippen molar-refractivity contribution < 1.29 is 14.4 Å². The van der Waals surface area contributed by atoms with Gasteiger partial charge in [-0.05, 0) is 31.9 Å². The molecule has 0 aliphatic heterocycles. The van der Waals surface area contributed by atoms with Crippen molar-refractivity contribution in [2.24, 2.45) is 16.3 Å². The highest BCUT2D eigenvalue weighted by molar-refractivity contribution is 6.06. The molecule has 0 saturated carbocycles. The molecular weight excluding hydrogens is 246 g/mol. The average Bonchev–Trinajstić information content (AvgIpc) is 2.94. The van der Waals surface area contributed by atoms with Crippen molar-refractivity contribution >= 4 is 11.7 Å². The molecule has 0 spiro atoms. The summed E-state index contributed by atoms with van der Waals surface area (Å²) in [5.41, 5.74) is 4.69. The van der Waals surface area contributed by atoms with Gasteiger partial charge in [-0.15, -0.1) is 0 Å². The number of hydrogen-bond acceptors (Lipinski definition) is 4. The van der Waals surface area contributed by atoms with E-state index in [1.54, 1.807) is 18.4 Å². The van der Waals surface area contributed by atoms with Gasteiger partial charge in [0.1, 0.15) is 11.2 Å². The highest BCUT2D eigenvalue weighted by Crippen LogP contribution is 2.28. The zero-order valence-electron chi connectivity index (χ0n) is 11.5. The molecule has 0 aromatic carbocycles. The first-order valence-electron chi connectivity index (χ1n) is 6.34. The molecule has 1 aromatic rings. The number of nitrogens with one attached hydrogen (secondary N) is 1. The van der Waals surface area contributed by atoms with Crippen LogP contribution in [0.15, 0.2) is 28.0 Å². The van der Waals surface area contributed by atoms with Crippen molar-refractivity contribution in [2.75, 3.05) is 0 Å². The van der Waals surface area contributed by atoms with Crippen molar-refractivity contribution in [1.82, 2.24) is 5.32 Å². The molecule has 1 unspecified atom stereocenters. The van der Waals surface area contributed by atoms with Gasteiger partial charge in [0.15, 0.2) is 5.84 Å². The number of rotatable bonds is 6. The zero-order valence-corrected chi connectivity index (χ0v) is 11.5. The van der Waals surface area contributed by atoms with Crippen LogP contribution in [0.25, 0.3) is 0 Å². The van der Waals surface area contributed by atoms with Crippen molar-refractivity contribution in [3.63, 3.8) is 0 Å². The zero-order chi connectivity index (χ0) is 14.5. The van der Waals surface area contributed by atoms with E-state index in [1.165, 1.54) is 0 Å². The molecule has 106 valence electrons. The summed E-state index contributed by atoms with van der Waals surface area (Å²) in [4.78, 5) is 12.4. The number of oxime groups is 1. The summed E-state index contributed by atoms with van der Waals surface area (Å²) in [7, 11) is 0. The minimum atomic E-state index is -0.990. The van der Waals surface area contributed by atoms with E-state index in [2.05, 4.69) is 10.5 Å². The number of carbonyl (C=O) groups is 1. The molecule has 0 fully saturated rings. The largest absolute Gasteiger partial charge is 0.467 e. The molecule has 0 saturated heterocycles. The van der Waals surface area contributed by atoms with Crippen LogP contribution < -0.4 is 11.1 Å². The van der Waals surface area contributed by atoms with Gasteiger partial charge in [-0.1, -0.05) is 19.0 Å². The van der Waals surface area contributed by atoms with Crippen LogP contribution in [0, 0.1) is 5.41 Å². The SMILES string of the molecule is CCC(CC)(C(=O)NC(C)c1ccco1)C(N)=NO. The van der Waals surface area contributed by atoms with E-state index in [-0.39, 0.29) is 17.8 Å². The maximum absolute atomic E-state index is 12.4. The predicted octanol–water partition coefficient (Wildman–Crippen LogP) is 2.01. The Morgan fingerprint density at radius 1 is 1.58 bits per heavy atom. The van der Waals surface area contributed by atoms with Gasteiger partial charge in [-0.3, -0.25) is 4.79 Å². The normalized spacial score (nSPS) is 14.2. The fraction of sp³-hybridized carbons (Fsp3) is 0.538. The average molecular weight is 267 g/mol. The topological polar surface area (TPSA) is 101 Å². The lowest BCUT2D eigenvalue weighted by Crippen LogP contribution is -2.49. The third-order valence-electron chi connectivity index (χ3n) is 3.56. The Morgan fingerprint density at radius 3 is 2.63 bits per heavy atom. The van der Waals surface area contributed by atoms with Crippen LogP contribution in [0.3, 0.4) is 0 Å². The minimum absolute atomic E-state index is 0.0679. The molecule has 0 aliphatic carbocycles. The molecule has 1 rings (SSSR count). The first kappa shape index (κ1) is 15.1. The summed E-state index contributed by atoms with van der Waals surface area (Å²) in [6.45, 7) is 5.48. The molecule has 6 nitrogen and oxygen atoms in total. The minimum Gasteiger partial charge on any atom is -0.467 e. The van der Waals surface area contributed by atoms with Crippen molar-refractivity contribution in [3.05, 3.63) is 24.2 Å². The van der Waals surface area contributed by atoms with Gasteiger partial charge in [0.25, 0.3) is 0 Å². The van der Waals surface area contributed by atoms with Gasteiger partial charge in [0.05, 0.1) is 12.3 Å². The Labute approximate surface area is 112 Å². The van der Waals surface area contributed by atoms with Gasteiger partial charge < -0.3 is 20.7 Å². The van der Waals surface area contributed by atoms with Crippen LogP contribution in [0.2, 0.25) is 0 Å². The van der Waals surface area contributed by atoms with Crippen LogP contribution in [0.4, 0.5) is 0 Å². The Hall–Kier alpha value is -1.98. The van der Waals surface area contributed by atoms with Crippen molar-refractivity contribution in [1.29, 1.82) is 0 Å². The van der Waals surface area contributed by atoms with Gasteiger partial charge in [-0.25, -0.2) is 0 Å². The summed E-state index contributed by atoms with van der Waals surface area (Å²) in [5.74, 6) is 0.326. The summed E-state index contributed by atoms with van der Waals surface area (Å²) in [6, 6.07) is 3.27. The van der Waals surface area contributed by atoms with Gasteiger partial charge >= 0.3 is 0 Å². The van der Waals surface area contributed by atoms with Gasteiger partial charge in [0.2, 0.25) is 5.91 Å². The van der Waals surface area contributed by atoms with E-state index < -0.39 is 5.41 Å². The summed E-state index contributed by atoms with van der Waals surface area (Å²) in [5, 5.41) is 14.7. The van der Waals surface area contributed by atoms with Crippen molar-refractivity contribution in [3.8, 4) is 0 Å². The summed E-state index contributed by atoms with van der Waals surface area (Å²) in [6.07, 6.45) is 2.46. The number of amides is 1. The Kier molecular flexibility index (Phi) is 4.97. The fourth-order valence-electron chi connectivity index (χ4n) is 2.09. The summed E-state index contributed by atoms with van der Waals surface area (Å²) >= 11 is 0. The predicted molar refractivity (Wildman–Crippen MR) is 71.7 cm³/mol. The Bertz CT molecular complexity index is 436. The number of hydrogen-bond donors (Lipinski definition) is 3. The third-order valence-corrected chi connectivity index (χ3v) is 3.56. The molecule has 4 N–H and O–H groups in total. The third kappa shape index (κ3) is 2.89. The molecule has 0 radical (unpaired) electrons. The van der Waals surface area contributed by atoms with Gasteiger partial charge in [-0.2, -0.15) is 0 Å². The van der Waals surface area contributed by atoms with E-state index in [9.17, 15) is 4.79 Å². The first-order valence-corrected chi connectivity index (χ1v) is 6.34. The van der Waals surface area contributed by atoms with Gasteiger partial charge in [0, 0.05) is 0 Å². The smallest absolute Gasteiger partial charge is 0.234 e. The van der Waals surface area contributed by atoms with Crippen molar-refractivity contribution in [2.45, 2.75) is 39.7 Å². The maximum Gasteiger partial charge on any atom is 0.234 e. The molecule has 1 heterocycles. The van der Waals surface area contributed by atoms with E-state index >= 15 is 0 Å². The van der Waals surface area contributed by atoms with E-state index in [0.717, 1.165) is 0 Å².